The van der Waals surface area contributed by atoms with Crippen LogP contribution in [-0.2, 0) is 9.53 Å². The van der Waals surface area contributed by atoms with Gasteiger partial charge in [0.1, 0.15) is 11.4 Å². The van der Waals surface area contributed by atoms with E-state index in [4.69, 9.17) is 21.1 Å². The number of rotatable bonds is 6. The van der Waals surface area contributed by atoms with E-state index >= 15 is 0 Å². The molecule has 0 radical (unpaired) electrons. The Bertz CT molecular complexity index is 888. The highest BCUT2D eigenvalue weighted by atomic mass is 35.5. The number of halogens is 1. The van der Waals surface area contributed by atoms with Crippen molar-refractivity contribution in [3.05, 3.63) is 22.7 Å². The van der Waals surface area contributed by atoms with E-state index in [1.807, 2.05) is 31.7 Å². The van der Waals surface area contributed by atoms with E-state index in [1.54, 1.807) is 12.0 Å². The number of methoxy groups -OCH3 is 1. The number of carbonyl (C=O) groups is 2. The molecule has 2 saturated heterocycles. The molecular weight excluding hydrogens is 462 g/mol. The summed E-state index contributed by atoms with van der Waals surface area (Å²) in [6.07, 6.45) is 2.11. The van der Waals surface area contributed by atoms with Gasteiger partial charge in [0.05, 0.1) is 17.8 Å². The SMILES string of the molecule is COc1cc(Cl)c(C2CC2)cc1SCC(=O)N1CCN(C2CN(C(=O)OC(C)(C)C)C2)CC1. The summed E-state index contributed by atoms with van der Waals surface area (Å²) < 4.78 is 10.9. The van der Waals surface area contributed by atoms with E-state index in [-0.39, 0.29) is 12.0 Å². The quantitative estimate of drug-likeness (QED) is 0.554. The molecule has 0 spiro atoms. The third-order valence-electron chi connectivity index (χ3n) is 6.35. The van der Waals surface area contributed by atoms with Crippen molar-refractivity contribution in [3.63, 3.8) is 0 Å². The molecule has 7 nitrogen and oxygen atoms in total. The third-order valence-corrected chi connectivity index (χ3v) is 7.70. The van der Waals surface area contributed by atoms with Crippen LogP contribution in [0.3, 0.4) is 0 Å². The monoisotopic (exact) mass is 495 g/mol. The fraction of sp³-hybridized carbons (Fsp3) is 0.667. The molecular formula is C24H34ClN3O4S. The van der Waals surface area contributed by atoms with E-state index in [0.29, 0.717) is 43.9 Å². The van der Waals surface area contributed by atoms with E-state index < -0.39 is 5.60 Å². The fourth-order valence-corrected chi connectivity index (χ4v) is 5.52. The number of hydrogen-bond donors (Lipinski definition) is 0. The smallest absolute Gasteiger partial charge is 0.410 e. The topological polar surface area (TPSA) is 62.3 Å². The molecule has 3 aliphatic rings. The van der Waals surface area contributed by atoms with E-state index in [1.165, 1.54) is 30.2 Å². The Morgan fingerprint density at radius 3 is 2.33 bits per heavy atom. The molecule has 3 fully saturated rings. The highest BCUT2D eigenvalue weighted by Crippen LogP contribution is 2.46. The Labute approximate surface area is 205 Å². The first-order valence-corrected chi connectivity index (χ1v) is 13.0. The molecule has 2 amide bonds. The maximum absolute atomic E-state index is 12.9. The zero-order chi connectivity index (χ0) is 23.8. The molecule has 1 aliphatic carbocycles. The number of hydrogen-bond acceptors (Lipinski definition) is 6. The van der Waals surface area contributed by atoms with Gasteiger partial charge in [0.2, 0.25) is 5.91 Å². The van der Waals surface area contributed by atoms with Crippen molar-refractivity contribution in [2.75, 3.05) is 52.1 Å². The summed E-state index contributed by atoms with van der Waals surface area (Å²) in [6.45, 7) is 10.1. The molecule has 2 aliphatic heterocycles. The molecule has 2 heterocycles. The lowest BCUT2D eigenvalue weighted by atomic mass is 10.1. The maximum Gasteiger partial charge on any atom is 0.410 e. The van der Waals surface area contributed by atoms with Crippen molar-refractivity contribution in [2.45, 2.75) is 56.1 Å². The van der Waals surface area contributed by atoms with Crippen molar-refractivity contribution in [1.82, 2.24) is 14.7 Å². The molecule has 1 aromatic rings. The highest BCUT2D eigenvalue weighted by Gasteiger charge is 2.38. The van der Waals surface area contributed by atoms with Gasteiger partial charge in [-0.1, -0.05) is 11.6 Å². The van der Waals surface area contributed by atoms with Gasteiger partial charge in [-0.2, -0.15) is 0 Å². The lowest BCUT2D eigenvalue weighted by Gasteiger charge is -2.48. The summed E-state index contributed by atoms with van der Waals surface area (Å²) in [6, 6.07) is 4.32. The Kier molecular flexibility index (Phi) is 7.36. The van der Waals surface area contributed by atoms with Crippen molar-refractivity contribution in [2.24, 2.45) is 0 Å². The summed E-state index contributed by atoms with van der Waals surface area (Å²) in [5.74, 6) is 1.81. The van der Waals surface area contributed by atoms with Crippen molar-refractivity contribution in [3.8, 4) is 5.75 Å². The number of benzene rings is 1. The van der Waals surface area contributed by atoms with Crippen LogP contribution in [0.2, 0.25) is 5.02 Å². The molecule has 0 N–H and O–H groups in total. The van der Waals surface area contributed by atoms with E-state index in [0.717, 1.165) is 28.8 Å². The molecule has 9 heteroatoms. The summed E-state index contributed by atoms with van der Waals surface area (Å²) in [7, 11) is 1.64. The number of thioether (sulfide) groups is 1. The van der Waals surface area contributed by atoms with Gasteiger partial charge in [-0.15, -0.1) is 11.8 Å². The van der Waals surface area contributed by atoms with Crippen LogP contribution in [0, 0.1) is 0 Å². The predicted octanol–water partition coefficient (Wildman–Crippen LogP) is 4.08. The average molecular weight is 496 g/mol. The number of nitrogens with zero attached hydrogens (tertiary/aromatic N) is 3. The van der Waals surface area contributed by atoms with Gasteiger partial charge in [-0.25, -0.2) is 4.79 Å². The minimum absolute atomic E-state index is 0.147. The van der Waals surface area contributed by atoms with Crippen LogP contribution in [0.15, 0.2) is 17.0 Å². The zero-order valence-corrected chi connectivity index (χ0v) is 21.5. The van der Waals surface area contributed by atoms with E-state index in [2.05, 4.69) is 11.0 Å². The van der Waals surface area contributed by atoms with Crippen LogP contribution in [-0.4, -0.2) is 90.5 Å². The number of ether oxygens (including phenoxy) is 2. The van der Waals surface area contributed by atoms with Crippen LogP contribution < -0.4 is 4.74 Å². The lowest BCUT2D eigenvalue weighted by Crippen LogP contribution is -2.65. The van der Waals surface area contributed by atoms with Crippen LogP contribution in [0.1, 0.15) is 45.1 Å². The van der Waals surface area contributed by atoms with Crippen LogP contribution in [0.5, 0.6) is 5.75 Å². The molecule has 0 bridgehead atoms. The first-order chi connectivity index (χ1) is 15.6. The fourth-order valence-electron chi connectivity index (χ4n) is 4.26. The summed E-state index contributed by atoms with van der Waals surface area (Å²) in [4.78, 5) is 32.0. The second kappa shape index (κ2) is 9.92. The van der Waals surface area contributed by atoms with Gasteiger partial charge in [0.15, 0.2) is 0 Å². The number of piperazine rings is 1. The molecule has 0 unspecified atom stereocenters. The maximum atomic E-state index is 12.9. The first kappa shape index (κ1) is 24.5. The Balaban J connectivity index is 1.22. The molecule has 0 aromatic heterocycles. The number of likely N-dealkylation sites (tertiary alicyclic amines) is 1. The Hall–Kier alpha value is -1.64. The zero-order valence-electron chi connectivity index (χ0n) is 19.9. The number of amides is 2. The van der Waals surface area contributed by atoms with Crippen LogP contribution in [0.25, 0.3) is 0 Å². The normalized spacial score (nSPS) is 19.9. The van der Waals surface area contributed by atoms with Gasteiger partial charge in [-0.3, -0.25) is 9.69 Å². The summed E-state index contributed by atoms with van der Waals surface area (Å²) in [5, 5.41) is 0.752. The second-order valence-electron chi connectivity index (χ2n) is 10.0. The van der Waals surface area contributed by atoms with E-state index in [9.17, 15) is 9.59 Å². The third kappa shape index (κ3) is 6.08. The molecule has 1 aromatic carbocycles. The second-order valence-corrected chi connectivity index (χ2v) is 11.5. The van der Waals surface area contributed by atoms with Gasteiger partial charge in [0.25, 0.3) is 0 Å². The van der Waals surface area contributed by atoms with Gasteiger partial charge in [-0.05, 0) is 51.2 Å². The molecule has 33 heavy (non-hydrogen) atoms. The van der Waals surface area contributed by atoms with Crippen LogP contribution >= 0.6 is 23.4 Å². The van der Waals surface area contributed by atoms with Crippen molar-refractivity contribution >= 4 is 35.4 Å². The largest absolute Gasteiger partial charge is 0.496 e. The standard InChI is InChI=1S/C24H34ClN3O4S/c1-24(2,3)32-23(30)28-13-17(14-28)26-7-9-27(10-8-26)22(29)15-33-21-11-18(16-5-6-16)19(25)12-20(21)31-4/h11-12,16-17H,5-10,13-15H2,1-4H3. The Morgan fingerprint density at radius 1 is 1.09 bits per heavy atom. The van der Waals surface area contributed by atoms with Gasteiger partial charge in [0, 0.05) is 56.4 Å². The van der Waals surface area contributed by atoms with Crippen molar-refractivity contribution < 1.29 is 19.1 Å². The Morgan fingerprint density at radius 2 is 1.76 bits per heavy atom. The molecule has 4 rings (SSSR count). The van der Waals surface area contributed by atoms with Crippen molar-refractivity contribution in [1.29, 1.82) is 0 Å². The average Bonchev–Trinajstić information content (AvgIpc) is 3.55. The summed E-state index contributed by atoms with van der Waals surface area (Å²) >= 11 is 7.94. The number of carbonyl (C=O) groups excluding carboxylic acids is 2. The molecule has 0 atom stereocenters. The lowest BCUT2D eigenvalue weighted by molar-refractivity contribution is -0.130. The first-order valence-electron chi connectivity index (χ1n) is 11.6. The minimum Gasteiger partial charge on any atom is -0.496 e. The summed E-state index contributed by atoms with van der Waals surface area (Å²) in [5.41, 5.74) is 0.698. The van der Waals surface area contributed by atoms with Gasteiger partial charge >= 0.3 is 6.09 Å². The van der Waals surface area contributed by atoms with Gasteiger partial charge < -0.3 is 19.3 Å². The molecule has 1 saturated carbocycles. The van der Waals surface area contributed by atoms with Crippen LogP contribution in [0.4, 0.5) is 4.79 Å². The predicted molar refractivity (Wildman–Crippen MR) is 130 cm³/mol. The minimum atomic E-state index is -0.471. The highest BCUT2D eigenvalue weighted by molar-refractivity contribution is 8.00. The molecule has 182 valence electrons.